The molecule has 1 aliphatic rings. The van der Waals surface area contributed by atoms with Gasteiger partial charge in [-0.05, 0) is 48.9 Å². The first kappa shape index (κ1) is 13.4. The molecule has 2 rings (SSSR count). The Morgan fingerprint density at radius 3 is 2.39 bits per heavy atom. The molecule has 0 saturated heterocycles. The van der Waals surface area contributed by atoms with Gasteiger partial charge in [-0.3, -0.25) is 0 Å². The molecule has 1 fully saturated rings. The van der Waals surface area contributed by atoms with Gasteiger partial charge >= 0.3 is 0 Å². The molecular weight excluding hydrogens is 222 g/mol. The molecule has 1 aromatic carbocycles. The molecule has 1 aromatic rings. The lowest BCUT2D eigenvalue weighted by Crippen LogP contribution is -2.55. The monoisotopic (exact) mass is 247 g/mol. The van der Waals surface area contributed by atoms with Gasteiger partial charge in [-0.2, -0.15) is 0 Å². The Bertz CT molecular complexity index is 383. The number of rotatable bonds is 5. The first-order chi connectivity index (χ1) is 8.59. The van der Waals surface area contributed by atoms with Gasteiger partial charge in [0.15, 0.2) is 0 Å². The van der Waals surface area contributed by atoms with Crippen LogP contribution in [0, 0.1) is 5.41 Å². The van der Waals surface area contributed by atoms with E-state index in [9.17, 15) is 0 Å². The predicted octanol–water partition coefficient (Wildman–Crippen LogP) is 3.58. The number of nitrogens with one attached hydrogen (secondary N) is 1. The van der Waals surface area contributed by atoms with Crippen molar-refractivity contribution in [3.63, 3.8) is 0 Å². The largest absolute Gasteiger partial charge is 0.494 e. The molecule has 2 atom stereocenters. The Kier molecular flexibility index (Phi) is 3.96. The second-order valence-corrected chi connectivity index (χ2v) is 5.72. The van der Waals surface area contributed by atoms with Gasteiger partial charge in [-0.15, -0.1) is 0 Å². The third kappa shape index (κ3) is 2.39. The fourth-order valence-corrected chi connectivity index (χ4v) is 3.05. The molecule has 2 nitrogen and oxygen atoms in total. The van der Waals surface area contributed by atoms with Crippen molar-refractivity contribution in [2.24, 2.45) is 5.41 Å². The highest BCUT2D eigenvalue weighted by Crippen LogP contribution is 2.52. The fraction of sp³-hybridized carbons (Fsp3) is 0.625. The summed E-state index contributed by atoms with van der Waals surface area (Å²) >= 11 is 0. The van der Waals surface area contributed by atoms with Crippen molar-refractivity contribution in [3.8, 4) is 5.75 Å². The Balaban J connectivity index is 2.05. The van der Waals surface area contributed by atoms with E-state index in [1.165, 1.54) is 12.0 Å². The summed E-state index contributed by atoms with van der Waals surface area (Å²) in [6.07, 6.45) is 1.24. The van der Waals surface area contributed by atoms with Crippen LogP contribution in [0.4, 0.5) is 0 Å². The Morgan fingerprint density at radius 1 is 1.22 bits per heavy atom. The van der Waals surface area contributed by atoms with Gasteiger partial charge in [-0.1, -0.05) is 32.9 Å². The smallest absolute Gasteiger partial charge is 0.119 e. The molecule has 0 aliphatic heterocycles. The third-order valence-electron chi connectivity index (χ3n) is 4.31. The molecule has 1 N–H and O–H groups in total. The lowest BCUT2D eigenvalue weighted by molar-refractivity contribution is 0.0706. The summed E-state index contributed by atoms with van der Waals surface area (Å²) < 4.78 is 5.49. The zero-order chi connectivity index (χ0) is 13.2. The summed E-state index contributed by atoms with van der Waals surface area (Å²) in [6.45, 7) is 10.7. The van der Waals surface area contributed by atoms with E-state index in [0.717, 1.165) is 18.9 Å². The second-order valence-electron chi connectivity index (χ2n) is 5.72. The topological polar surface area (TPSA) is 21.3 Å². The number of benzene rings is 1. The number of hydrogen-bond acceptors (Lipinski definition) is 2. The van der Waals surface area contributed by atoms with Crippen molar-refractivity contribution in [2.45, 2.75) is 46.1 Å². The minimum atomic E-state index is 0.350. The summed E-state index contributed by atoms with van der Waals surface area (Å²) in [7, 11) is 0. The van der Waals surface area contributed by atoms with Crippen molar-refractivity contribution in [3.05, 3.63) is 29.8 Å². The van der Waals surface area contributed by atoms with Crippen LogP contribution in [0.2, 0.25) is 0 Å². The van der Waals surface area contributed by atoms with E-state index in [2.05, 4.69) is 50.4 Å². The molecule has 0 bridgehead atoms. The standard InChI is InChI=1S/C16H25NO/c1-5-17-15-11-14(16(15,3)4)12-7-9-13(10-8-12)18-6-2/h7-10,14-15,17H,5-6,11H2,1-4H3. The van der Waals surface area contributed by atoms with Crippen LogP contribution in [-0.4, -0.2) is 19.2 Å². The van der Waals surface area contributed by atoms with Gasteiger partial charge in [0.05, 0.1) is 6.61 Å². The van der Waals surface area contributed by atoms with Crippen molar-refractivity contribution in [1.82, 2.24) is 5.32 Å². The molecule has 100 valence electrons. The minimum absolute atomic E-state index is 0.350. The highest BCUT2D eigenvalue weighted by atomic mass is 16.5. The van der Waals surface area contributed by atoms with E-state index in [1.807, 2.05) is 6.92 Å². The van der Waals surface area contributed by atoms with Gasteiger partial charge in [0.25, 0.3) is 0 Å². The van der Waals surface area contributed by atoms with Crippen molar-refractivity contribution < 1.29 is 4.74 Å². The van der Waals surface area contributed by atoms with Crippen molar-refractivity contribution in [1.29, 1.82) is 0 Å². The zero-order valence-electron chi connectivity index (χ0n) is 12.0. The van der Waals surface area contributed by atoms with Gasteiger partial charge in [0.2, 0.25) is 0 Å². The summed E-state index contributed by atoms with van der Waals surface area (Å²) in [5.41, 5.74) is 1.79. The maximum absolute atomic E-state index is 5.49. The van der Waals surface area contributed by atoms with Crippen LogP contribution in [0.25, 0.3) is 0 Å². The molecule has 2 unspecified atom stereocenters. The molecular formula is C16H25NO. The summed E-state index contributed by atoms with van der Waals surface area (Å²) in [6, 6.07) is 9.28. The van der Waals surface area contributed by atoms with Gasteiger partial charge in [-0.25, -0.2) is 0 Å². The fourth-order valence-electron chi connectivity index (χ4n) is 3.05. The molecule has 0 heterocycles. The van der Waals surface area contributed by atoms with Crippen LogP contribution >= 0.6 is 0 Å². The number of ether oxygens (including phenoxy) is 1. The molecule has 0 spiro atoms. The minimum Gasteiger partial charge on any atom is -0.494 e. The predicted molar refractivity (Wildman–Crippen MR) is 76.2 cm³/mol. The van der Waals surface area contributed by atoms with Crippen LogP contribution < -0.4 is 10.1 Å². The van der Waals surface area contributed by atoms with Crippen molar-refractivity contribution >= 4 is 0 Å². The molecule has 2 heteroatoms. The molecule has 0 aromatic heterocycles. The summed E-state index contributed by atoms with van der Waals surface area (Å²) in [5, 5.41) is 3.58. The highest BCUT2D eigenvalue weighted by Gasteiger charge is 2.47. The average Bonchev–Trinajstić information content (AvgIpc) is 2.36. The summed E-state index contributed by atoms with van der Waals surface area (Å²) in [5.74, 6) is 1.64. The molecule has 1 aliphatic carbocycles. The van der Waals surface area contributed by atoms with Gasteiger partial charge in [0, 0.05) is 6.04 Å². The van der Waals surface area contributed by atoms with Gasteiger partial charge < -0.3 is 10.1 Å². The SMILES string of the molecule is CCNC1CC(c2ccc(OCC)cc2)C1(C)C. The first-order valence-electron chi connectivity index (χ1n) is 7.05. The quantitative estimate of drug-likeness (QED) is 0.858. The third-order valence-corrected chi connectivity index (χ3v) is 4.31. The lowest BCUT2D eigenvalue weighted by Gasteiger charge is -2.53. The maximum Gasteiger partial charge on any atom is 0.119 e. The maximum atomic E-state index is 5.49. The molecule has 1 saturated carbocycles. The van der Waals surface area contributed by atoms with Crippen LogP contribution in [-0.2, 0) is 0 Å². The molecule has 18 heavy (non-hydrogen) atoms. The number of hydrogen-bond donors (Lipinski definition) is 1. The van der Waals surface area contributed by atoms with Crippen LogP contribution in [0.15, 0.2) is 24.3 Å². The molecule has 0 radical (unpaired) electrons. The van der Waals surface area contributed by atoms with Crippen LogP contribution in [0.1, 0.15) is 45.6 Å². The van der Waals surface area contributed by atoms with Crippen molar-refractivity contribution in [2.75, 3.05) is 13.2 Å². The van der Waals surface area contributed by atoms with E-state index in [-0.39, 0.29) is 0 Å². The van der Waals surface area contributed by atoms with Crippen LogP contribution in [0.5, 0.6) is 5.75 Å². The van der Waals surface area contributed by atoms with E-state index in [0.29, 0.717) is 17.4 Å². The van der Waals surface area contributed by atoms with E-state index in [1.54, 1.807) is 0 Å². The highest BCUT2D eigenvalue weighted by molar-refractivity contribution is 5.33. The van der Waals surface area contributed by atoms with E-state index in [4.69, 9.17) is 4.74 Å². The first-order valence-corrected chi connectivity index (χ1v) is 7.05. The van der Waals surface area contributed by atoms with Gasteiger partial charge in [0.1, 0.15) is 5.75 Å². The van der Waals surface area contributed by atoms with E-state index < -0.39 is 0 Å². The average molecular weight is 247 g/mol. The van der Waals surface area contributed by atoms with Crippen LogP contribution in [0.3, 0.4) is 0 Å². The Hall–Kier alpha value is -1.02. The zero-order valence-corrected chi connectivity index (χ0v) is 12.0. The normalized spacial score (nSPS) is 25.6. The lowest BCUT2D eigenvalue weighted by atomic mass is 9.56. The van der Waals surface area contributed by atoms with E-state index >= 15 is 0 Å². The second kappa shape index (κ2) is 5.31. The summed E-state index contributed by atoms with van der Waals surface area (Å²) in [4.78, 5) is 0. The molecule has 0 amide bonds. The Morgan fingerprint density at radius 2 is 1.89 bits per heavy atom. The Labute approximate surface area is 111 Å².